The van der Waals surface area contributed by atoms with Gasteiger partial charge in [0.2, 0.25) is 0 Å². The average molecular weight is 758 g/mol. The van der Waals surface area contributed by atoms with Crippen LogP contribution in [0.25, 0.3) is 60.9 Å². The minimum atomic E-state index is -3.43. The molecule has 2 nitrogen and oxygen atoms in total. The largest absolute Gasteiger partial charge is 0.309 e. The van der Waals surface area contributed by atoms with Gasteiger partial charge in [0.05, 0.1) is 22.1 Å². The molecule has 3 heterocycles. The van der Waals surface area contributed by atoms with Crippen molar-refractivity contribution in [2.45, 2.75) is 5.41 Å². The van der Waals surface area contributed by atoms with Gasteiger partial charge in [-0.25, -0.2) is 0 Å². The molecule has 1 aromatic heterocycles. The Labute approximate surface area is 337 Å². The van der Waals surface area contributed by atoms with Crippen molar-refractivity contribution in [2.75, 3.05) is 0 Å². The Morgan fingerprint density at radius 1 is 0.362 bits per heavy atom. The average Bonchev–Trinajstić information content (AvgIpc) is 3.65. The van der Waals surface area contributed by atoms with Gasteiger partial charge in [0.15, 0.2) is 7.14 Å². The molecule has 2 unspecified atom stereocenters. The van der Waals surface area contributed by atoms with E-state index in [1.807, 2.05) is 18.2 Å². The maximum atomic E-state index is 16.8. The third-order valence-corrected chi connectivity index (χ3v) is 15.8. The Hall–Kier alpha value is -6.99. The molecule has 0 aliphatic carbocycles. The monoisotopic (exact) mass is 757 g/mol. The summed E-state index contributed by atoms with van der Waals surface area (Å²) < 4.78 is 19.3. The third-order valence-electron chi connectivity index (χ3n) is 12.6. The van der Waals surface area contributed by atoms with E-state index in [4.69, 9.17) is 0 Å². The fourth-order valence-corrected chi connectivity index (χ4v) is 13.4. The molecule has 0 saturated heterocycles. The molecule has 272 valence electrons. The highest BCUT2D eigenvalue weighted by Crippen LogP contribution is 2.61. The summed E-state index contributed by atoms with van der Waals surface area (Å²) in [6.45, 7) is 0. The summed E-state index contributed by atoms with van der Waals surface area (Å²) in [5.74, 6) is 0. The van der Waals surface area contributed by atoms with Crippen molar-refractivity contribution in [3.8, 4) is 39.1 Å². The summed E-state index contributed by atoms with van der Waals surface area (Å²) in [5.41, 5.74) is 14.1. The first-order chi connectivity index (χ1) is 28.7. The van der Waals surface area contributed by atoms with Crippen molar-refractivity contribution < 1.29 is 4.57 Å². The summed E-state index contributed by atoms with van der Waals surface area (Å²) in [5, 5.41) is 5.08. The van der Waals surface area contributed by atoms with E-state index in [2.05, 4.69) is 205 Å². The Bertz CT molecular complexity index is 3250. The molecule has 0 amide bonds. The second-order valence-corrected chi connectivity index (χ2v) is 18.2. The van der Waals surface area contributed by atoms with Crippen LogP contribution in [0.5, 0.6) is 0 Å². The van der Waals surface area contributed by atoms with Gasteiger partial charge in [-0.15, -0.1) is 0 Å². The molecule has 58 heavy (non-hydrogen) atoms. The van der Waals surface area contributed by atoms with Crippen LogP contribution < -0.4 is 15.9 Å². The van der Waals surface area contributed by atoms with Gasteiger partial charge in [0, 0.05) is 26.7 Å². The lowest BCUT2D eigenvalue weighted by molar-refractivity contribution is 0.590. The van der Waals surface area contributed by atoms with Crippen molar-refractivity contribution in [2.24, 2.45) is 0 Å². The highest BCUT2D eigenvalue weighted by Gasteiger charge is 2.54. The van der Waals surface area contributed by atoms with Gasteiger partial charge < -0.3 is 9.13 Å². The molecular formula is C55H36NOP. The fraction of sp³-hybridized carbons (Fsp3) is 0.0182. The van der Waals surface area contributed by atoms with Crippen LogP contribution in [0.3, 0.4) is 0 Å². The molecule has 2 aliphatic rings. The van der Waals surface area contributed by atoms with E-state index < -0.39 is 12.6 Å². The standard InChI is InChI=1S/C55H36NOP/c57-58(43-21-8-3-9-22-43)52-30-15-12-26-47(52)55(46-25-11-14-29-51(46)56-50-28-13-10-23-44(50)45-24-16-27-49(55)54(45)56)48-32-31-39(36-53(48)58)42-34-40(37-17-4-1-5-18-37)33-41(35-42)38-19-6-2-7-20-38/h1-36H. The van der Waals surface area contributed by atoms with Gasteiger partial charge in [0.1, 0.15) is 0 Å². The van der Waals surface area contributed by atoms with Gasteiger partial charge >= 0.3 is 0 Å². The quantitative estimate of drug-likeness (QED) is 0.164. The first kappa shape index (κ1) is 33.2. The normalized spacial score (nSPS) is 17.5. The second-order valence-electron chi connectivity index (χ2n) is 15.5. The van der Waals surface area contributed by atoms with Crippen LogP contribution >= 0.6 is 7.14 Å². The number of nitrogens with zero attached hydrogens (tertiary/aromatic N) is 1. The Kier molecular flexibility index (Phi) is 7.15. The van der Waals surface area contributed by atoms with E-state index in [1.54, 1.807) is 0 Å². The van der Waals surface area contributed by atoms with E-state index in [0.717, 1.165) is 66.1 Å². The lowest BCUT2D eigenvalue weighted by Gasteiger charge is -2.47. The minimum Gasteiger partial charge on any atom is -0.309 e. The van der Waals surface area contributed by atoms with Crippen LogP contribution in [-0.4, -0.2) is 4.57 Å². The van der Waals surface area contributed by atoms with Crippen LogP contribution in [0.4, 0.5) is 0 Å². The van der Waals surface area contributed by atoms with Gasteiger partial charge in [0.25, 0.3) is 0 Å². The molecule has 2 atom stereocenters. The second kappa shape index (κ2) is 12.5. The zero-order chi connectivity index (χ0) is 38.4. The highest BCUT2D eigenvalue weighted by atomic mass is 31.2. The lowest BCUT2D eigenvalue weighted by atomic mass is 9.62. The summed E-state index contributed by atoms with van der Waals surface area (Å²) in [7, 11) is -3.43. The van der Waals surface area contributed by atoms with Crippen molar-refractivity contribution in [1.29, 1.82) is 0 Å². The predicted octanol–water partition coefficient (Wildman–Crippen LogP) is 12.4. The van der Waals surface area contributed by atoms with Crippen LogP contribution in [0, 0.1) is 0 Å². The molecule has 2 aliphatic heterocycles. The van der Waals surface area contributed by atoms with E-state index in [0.29, 0.717) is 0 Å². The summed E-state index contributed by atoms with van der Waals surface area (Å²) >= 11 is 0. The lowest BCUT2D eigenvalue weighted by Crippen LogP contribution is -2.48. The van der Waals surface area contributed by atoms with Gasteiger partial charge in [-0.2, -0.15) is 0 Å². The summed E-state index contributed by atoms with van der Waals surface area (Å²) in [6.07, 6.45) is 0. The van der Waals surface area contributed by atoms with Crippen molar-refractivity contribution in [1.82, 2.24) is 4.57 Å². The smallest absolute Gasteiger partial charge is 0.171 e. The maximum absolute atomic E-state index is 16.8. The van der Waals surface area contributed by atoms with Gasteiger partial charge in [-0.3, -0.25) is 0 Å². The Morgan fingerprint density at radius 2 is 0.897 bits per heavy atom. The van der Waals surface area contributed by atoms with E-state index in [-0.39, 0.29) is 0 Å². The zero-order valence-corrected chi connectivity index (χ0v) is 32.5. The van der Waals surface area contributed by atoms with Crippen LogP contribution in [0.2, 0.25) is 0 Å². The first-order valence-corrected chi connectivity index (χ1v) is 21.7. The SMILES string of the molecule is O=P1(c2ccccc2)c2ccccc2C2(c3ccccc3-n3c4ccccc4c4cccc2c43)c2ccc(-c3cc(-c4ccccc4)cc(-c4ccccc4)c3)cc21. The zero-order valence-electron chi connectivity index (χ0n) is 31.6. The fourth-order valence-electron chi connectivity index (χ4n) is 10.2. The number of rotatable bonds is 4. The predicted molar refractivity (Wildman–Crippen MR) is 242 cm³/mol. The molecule has 9 aromatic carbocycles. The van der Waals surface area contributed by atoms with Crippen LogP contribution in [-0.2, 0) is 9.98 Å². The molecule has 0 N–H and O–H groups in total. The molecule has 0 radical (unpaired) electrons. The van der Waals surface area contributed by atoms with Crippen molar-refractivity contribution in [3.05, 3.63) is 241 Å². The van der Waals surface area contributed by atoms with Crippen molar-refractivity contribution >= 4 is 44.9 Å². The number of benzene rings is 9. The molecule has 0 bridgehead atoms. The van der Waals surface area contributed by atoms with Gasteiger partial charge in [-0.05, 0) is 92.0 Å². The first-order valence-electron chi connectivity index (χ1n) is 20.0. The Balaban J connectivity index is 1.22. The molecular weight excluding hydrogens is 722 g/mol. The molecule has 0 fully saturated rings. The van der Waals surface area contributed by atoms with E-state index >= 15 is 4.57 Å². The van der Waals surface area contributed by atoms with Crippen LogP contribution in [0.15, 0.2) is 218 Å². The topological polar surface area (TPSA) is 22.0 Å². The number of hydrogen-bond donors (Lipinski definition) is 0. The molecule has 1 spiro atoms. The van der Waals surface area contributed by atoms with E-state index in [1.165, 1.54) is 32.9 Å². The number of hydrogen-bond acceptors (Lipinski definition) is 1. The maximum Gasteiger partial charge on any atom is 0.171 e. The van der Waals surface area contributed by atoms with Crippen LogP contribution in [0.1, 0.15) is 22.3 Å². The molecule has 12 rings (SSSR count). The number of para-hydroxylation sites is 3. The van der Waals surface area contributed by atoms with Gasteiger partial charge in [-0.1, -0.05) is 182 Å². The summed E-state index contributed by atoms with van der Waals surface area (Å²) in [6, 6.07) is 78.1. The van der Waals surface area contributed by atoms with E-state index in [9.17, 15) is 0 Å². The number of fused-ring (bicyclic) bond motifs is 11. The third kappa shape index (κ3) is 4.47. The minimum absolute atomic E-state index is 0.741. The number of aromatic nitrogens is 1. The summed E-state index contributed by atoms with van der Waals surface area (Å²) in [4.78, 5) is 0. The molecule has 0 saturated carbocycles. The van der Waals surface area contributed by atoms with Crippen molar-refractivity contribution in [3.63, 3.8) is 0 Å². The highest BCUT2D eigenvalue weighted by molar-refractivity contribution is 7.85. The molecule has 10 aromatic rings. The molecule has 3 heteroatoms. The Morgan fingerprint density at radius 3 is 1.62 bits per heavy atom.